The van der Waals surface area contributed by atoms with E-state index in [1.807, 2.05) is 0 Å². The Hall–Kier alpha value is -4.54. The first-order chi connectivity index (χ1) is 16.0. The summed E-state index contributed by atoms with van der Waals surface area (Å²) in [5.41, 5.74) is -0.600. The van der Waals surface area contributed by atoms with Gasteiger partial charge in [0.1, 0.15) is 17.2 Å². The molecule has 0 atom stereocenters. The van der Waals surface area contributed by atoms with Gasteiger partial charge in [-0.3, -0.25) is 14.5 Å². The van der Waals surface area contributed by atoms with Crippen molar-refractivity contribution in [3.63, 3.8) is 0 Å². The number of alkyl halides is 3. The predicted molar refractivity (Wildman–Crippen MR) is 115 cm³/mol. The van der Waals surface area contributed by atoms with E-state index in [4.69, 9.17) is 4.74 Å². The maximum atomic E-state index is 12.8. The number of rotatable bonds is 4. The third-order valence-corrected chi connectivity index (χ3v) is 4.98. The molecule has 34 heavy (non-hydrogen) atoms. The molecular formula is C23H16F3N3O5. The Morgan fingerprint density at radius 2 is 1.53 bits per heavy atom. The summed E-state index contributed by atoms with van der Waals surface area (Å²) in [6.45, 7) is 0. The predicted octanol–water partition coefficient (Wildman–Crippen LogP) is 5.07. The number of aromatic hydroxyl groups is 1. The lowest BCUT2D eigenvalue weighted by Gasteiger charge is -2.12. The Balaban J connectivity index is 1.41. The van der Waals surface area contributed by atoms with E-state index in [0.29, 0.717) is 29.3 Å². The number of amides is 4. The number of carbonyl (C=O) groups is 3. The summed E-state index contributed by atoms with van der Waals surface area (Å²) in [5, 5.41) is 14.3. The highest BCUT2D eigenvalue weighted by Crippen LogP contribution is 2.34. The van der Waals surface area contributed by atoms with Gasteiger partial charge in [0.2, 0.25) is 0 Å². The number of phenols is 1. The first kappa shape index (κ1) is 22.6. The van der Waals surface area contributed by atoms with Crippen molar-refractivity contribution in [2.24, 2.45) is 0 Å². The summed E-state index contributed by atoms with van der Waals surface area (Å²) in [6, 6.07) is 11.8. The number of carbonyl (C=O) groups excluding carboxylic acids is 3. The molecule has 0 spiro atoms. The van der Waals surface area contributed by atoms with Crippen LogP contribution in [-0.2, 0) is 6.18 Å². The van der Waals surface area contributed by atoms with Gasteiger partial charge < -0.3 is 20.5 Å². The first-order valence-electron chi connectivity index (χ1n) is 9.75. The Labute approximate surface area is 190 Å². The molecule has 11 heteroatoms. The Bertz CT molecular complexity index is 1310. The van der Waals surface area contributed by atoms with E-state index in [1.54, 1.807) is 6.07 Å². The molecule has 3 aromatic carbocycles. The molecule has 0 saturated heterocycles. The lowest BCUT2D eigenvalue weighted by atomic mass is 10.1. The quantitative estimate of drug-likeness (QED) is 0.364. The number of hydrogen-bond donors (Lipinski definition) is 3. The number of ether oxygens (including phenoxy) is 1. The maximum Gasteiger partial charge on any atom is 0.416 e. The molecule has 4 rings (SSSR count). The first-order valence-corrected chi connectivity index (χ1v) is 9.75. The van der Waals surface area contributed by atoms with Crippen molar-refractivity contribution in [2.45, 2.75) is 6.18 Å². The monoisotopic (exact) mass is 471 g/mol. The zero-order valence-corrected chi connectivity index (χ0v) is 17.4. The highest BCUT2D eigenvalue weighted by Gasteiger charge is 2.33. The molecule has 1 aliphatic rings. The van der Waals surface area contributed by atoms with Crippen molar-refractivity contribution in [1.29, 1.82) is 0 Å². The van der Waals surface area contributed by atoms with Crippen LogP contribution in [0.25, 0.3) is 0 Å². The standard InChI is InChI=1S/C23H16F3N3O5/c1-29-20(31)16-8-7-15(11-17(16)21(29)32)34-14-5-3-13(4-6-14)27-22(33)28-18-10-12(23(24,25)26)2-9-19(18)30/h2-11,30H,1H3,(H2,27,28,33). The topological polar surface area (TPSA) is 108 Å². The Kier molecular flexibility index (Phi) is 5.61. The van der Waals surface area contributed by atoms with Crippen molar-refractivity contribution in [2.75, 3.05) is 17.7 Å². The van der Waals surface area contributed by atoms with Crippen LogP contribution in [0, 0.1) is 0 Å². The van der Waals surface area contributed by atoms with Crippen molar-refractivity contribution < 1.29 is 37.4 Å². The second kappa shape index (κ2) is 8.43. The number of benzene rings is 3. The van der Waals surface area contributed by atoms with Gasteiger partial charge in [-0.1, -0.05) is 0 Å². The Morgan fingerprint density at radius 1 is 0.882 bits per heavy atom. The van der Waals surface area contributed by atoms with Gasteiger partial charge >= 0.3 is 12.2 Å². The second-order valence-corrected chi connectivity index (χ2v) is 7.31. The summed E-state index contributed by atoms with van der Waals surface area (Å²) in [5.74, 6) is -0.644. The van der Waals surface area contributed by atoms with Gasteiger partial charge in [-0.25, -0.2) is 4.79 Å². The Morgan fingerprint density at radius 3 is 2.21 bits per heavy atom. The van der Waals surface area contributed by atoms with Crippen molar-refractivity contribution in [1.82, 2.24) is 4.90 Å². The highest BCUT2D eigenvalue weighted by atomic mass is 19.4. The summed E-state index contributed by atoms with van der Waals surface area (Å²) in [6.07, 6.45) is -4.63. The van der Waals surface area contributed by atoms with Crippen molar-refractivity contribution in [3.05, 3.63) is 77.4 Å². The summed E-state index contributed by atoms with van der Waals surface area (Å²) >= 11 is 0. The van der Waals surface area contributed by atoms with Gasteiger partial charge in [0.15, 0.2) is 0 Å². The average molecular weight is 471 g/mol. The summed E-state index contributed by atoms with van der Waals surface area (Å²) < 4.78 is 44.2. The molecule has 0 aliphatic carbocycles. The smallest absolute Gasteiger partial charge is 0.416 e. The zero-order chi connectivity index (χ0) is 24.6. The number of nitrogens with one attached hydrogen (secondary N) is 2. The molecule has 0 saturated carbocycles. The number of fused-ring (bicyclic) bond motifs is 1. The van der Waals surface area contributed by atoms with Crippen molar-refractivity contribution >= 4 is 29.2 Å². The van der Waals surface area contributed by atoms with Gasteiger partial charge in [-0.05, 0) is 60.7 Å². The highest BCUT2D eigenvalue weighted by molar-refractivity contribution is 6.21. The molecule has 0 unspecified atom stereocenters. The molecule has 174 valence electrons. The maximum absolute atomic E-state index is 12.8. The number of anilines is 2. The number of hydrogen-bond acceptors (Lipinski definition) is 5. The van der Waals surface area contributed by atoms with Crippen LogP contribution >= 0.6 is 0 Å². The van der Waals surface area contributed by atoms with Crippen LogP contribution in [0.1, 0.15) is 26.3 Å². The fourth-order valence-electron chi connectivity index (χ4n) is 3.24. The van der Waals surface area contributed by atoms with E-state index >= 15 is 0 Å². The summed E-state index contributed by atoms with van der Waals surface area (Å²) in [7, 11) is 1.39. The molecule has 1 heterocycles. The van der Waals surface area contributed by atoms with E-state index in [0.717, 1.165) is 11.0 Å². The van der Waals surface area contributed by atoms with E-state index < -0.39 is 41.0 Å². The molecular weight excluding hydrogens is 455 g/mol. The third kappa shape index (κ3) is 4.49. The van der Waals surface area contributed by atoms with Crippen LogP contribution in [0.15, 0.2) is 60.7 Å². The SMILES string of the molecule is CN1C(=O)c2ccc(Oc3ccc(NC(=O)Nc4cc(C(F)(F)F)ccc4O)cc3)cc2C1=O. The van der Waals surface area contributed by atoms with E-state index in [-0.39, 0.29) is 11.1 Å². The molecule has 1 aliphatic heterocycles. The molecule has 4 amide bonds. The number of halogens is 3. The lowest BCUT2D eigenvalue weighted by Crippen LogP contribution is -2.24. The largest absolute Gasteiger partial charge is 0.506 e. The van der Waals surface area contributed by atoms with Crippen molar-refractivity contribution in [3.8, 4) is 17.2 Å². The number of urea groups is 1. The normalized spacial score (nSPS) is 13.0. The lowest BCUT2D eigenvalue weighted by molar-refractivity contribution is -0.137. The van der Waals surface area contributed by atoms with Gasteiger partial charge in [0, 0.05) is 12.7 Å². The van der Waals surface area contributed by atoms with Gasteiger partial charge in [-0.2, -0.15) is 13.2 Å². The van der Waals surface area contributed by atoms with Gasteiger partial charge in [-0.15, -0.1) is 0 Å². The van der Waals surface area contributed by atoms with E-state index in [2.05, 4.69) is 10.6 Å². The minimum Gasteiger partial charge on any atom is -0.506 e. The molecule has 0 radical (unpaired) electrons. The minimum atomic E-state index is -4.63. The fourth-order valence-corrected chi connectivity index (χ4v) is 3.24. The van der Waals surface area contributed by atoms with Crippen LogP contribution in [0.3, 0.4) is 0 Å². The minimum absolute atomic E-state index is 0.234. The molecule has 0 aromatic heterocycles. The summed E-state index contributed by atoms with van der Waals surface area (Å²) in [4.78, 5) is 37.2. The molecule has 8 nitrogen and oxygen atoms in total. The number of phenolic OH excluding ortho intramolecular Hbond substituents is 1. The number of nitrogens with zero attached hydrogens (tertiary/aromatic N) is 1. The molecule has 3 aromatic rings. The van der Waals surface area contributed by atoms with E-state index in [9.17, 15) is 32.7 Å². The molecule has 0 bridgehead atoms. The van der Waals surface area contributed by atoms with E-state index in [1.165, 1.54) is 43.4 Å². The fraction of sp³-hybridized carbons (Fsp3) is 0.0870. The third-order valence-electron chi connectivity index (χ3n) is 4.98. The van der Waals surface area contributed by atoms with Crippen LogP contribution in [0.4, 0.5) is 29.3 Å². The van der Waals surface area contributed by atoms with Gasteiger partial charge in [0.25, 0.3) is 11.8 Å². The second-order valence-electron chi connectivity index (χ2n) is 7.31. The number of imide groups is 1. The molecule has 3 N–H and O–H groups in total. The van der Waals surface area contributed by atoms with Crippen LogP contribution in [-0.4, -0.2) is 34.9 Å². The van der Waals surface area contributed by atoms with Crippen LogP contribution in [0.2, 0.25) is 0 Å². The average Bonchev–Trinajstić information content (AvgIpc) is 2.99. The molecule has 0 fully saturated rings. The van der Waals surface area contributed by atoms with Gasteiger partial charge in [0.05, 0.1) is 22.4 Å². The van der Waals surface area contributed by atoms with Crippen LogP contribution in [0.5, 0.6) is 17.2 Å². The van der Waals surface area contributed by atoms with Crippen LogP contribution < -0.4 is 15.4 Å². The zero-order valence-electron chi connectivity index (χ0n) is 17.4.